The second-order valence-electron chi connectivity index (χ2n) is 5.50. The van der Waals surface area contributed by atoms with Crippen LogP contribution in [0.4, 0.5) is 0 Å². The highest BCUT2D eigenvalue weighted by molar-refractivity contribution is 6.01. The summed E-state index contributed by atoms with van der Waals surface area (Å²) in [6.45, 7) is 4.23. The predicted molar refractivity (Wildman–Crippen MR) is 77.4 cm³/mol. The smallest absolute Gasteiger partial charge is 0.326 e. The molecule has 0 radical (unpaired) electrons. The molecule has 1 saturated heterocycles. The van der Waals surface area contributed by atoms with Crippen molar-refractivity contribution in [3.05, 3.63) is 35.1 Å². The number of carbonyl (C=O) groups excluding carboxylic acids is 1. The first kappa shape index (κ1) is 13.7. The van der Waals surface area contributed by atoms with Gasteiger partial charge in [-0.25, -0.2) is 4.79 Å². The van der Waals surface area contributed by atoms with Gasteiger partial charge in [0.15, 0.2) is 5.76 Å². The molecule has 5 nitrogen and oxygen atoms in total. The Morgan fingerprint density at radius 1 is 1.33 bits per heavy atom. The number of likely N-dealkylation sites (tertiary alicyclic amines) is 1. The number of carbonyl (C=O) groups is 2. The van der Waals surface area contributed by atoms with Gasteiger partial charge in [0.05, 0.1) is 0 Å². The van der Waals surface area contributed by atoms with Gasteiger partial charge in [-0.1, -0.05) is 18.2 Å². The molecule has 1 N–H and O–H groups in total. The number of hydrogen-bond donors (Lipinski definition) is 1. The number of para-hydroxylation sites is 1. The molecule has 1 atom stereocenters. The van der Waals surface area contributed by atoms with E-state index in [1.807, 2.05) is 32.0 Å². The Morgan fingerprint density at radius 2 is 2.10 bits per heavy atom. The lowest BCUT2D eigenvalue weighted by Crippen LogP contribution is -2.40. The Bertz CT molecular complexity index is 731. The molecular weight excluding hydrogens is 270 g/mol. The quantitative estimate of drug-likeness (QED) is 0.922. The van der Waals surface area contributed by atoms with E-state index >= 15 is 0 Å². The van der Waals surface area contributed by atoms with Gasteiger partial charge in [-0.15, -0.1) is 0 Å². The van der Waals surface area contributed by atoms with Crippen LogP contribution in [0, 0.1) is 13.8 Å². The normalized spacial score (nSPS) is 18.4. The maximum atomic E-state index is 12.6. The van der Waals surface area contributed by atoms with Crippen LogP contribution in [0.3, 0.4) is 0 Å². The average molecular weight is 287 g/mol. The van der Waals surface area contributed by atoms with E-state index in [2.05, 4.69) is 0 Å². The van der Waals surface area contributed by atoms with Gasteiger partial charge in [0, 0.05) is 17.5 Å². The zero-order valence-electron chi connectivity index (χ0n) is 12.0. The third-order valence-corrected chi connectivity index (χ3v) is 4.15. The SMILES string of the molecule is Cc1c(C(=O)N2CCCC2C(=O)O)oc2c(C)cccc12. The van der Waals surface area contributed by atoms with Crippen molar-refractivity contribution in [2.45, 2.75) is 32.7 Å². The lowest BCUT2D eigenvalue weighted by molar-refractivity contribution is -0.141. The molecule has 1 aliphatic rings. The van der Waals surface area contributed by atoms with Crippen molar-refractivity contribution in [3.63, 3.8) is 0 Å². The fourth-order valence-corrected chi connectivity index (χ4v) is 2.99. The molecular formula is C16H17NO4. The minimum absolute atomic E-state index is 0.257. The third-order valence-electron chi connectivity index (χ3n) is 4.15. The number of carboxylic acids is 1. The summed E-state index contributed by atoms with van der Waals surface area (Å²) in [5, 5.41) is 10.1. The molecule has 1 unspecified atom stereocenters. The second-order valence-corrected chi connectivity index (χ2v) is 5.50. The van der Waals surface area contributed by atoms with Crippen molar-refractivity contribution in [1.82, 2.24) is 4.90 Å². The Balaban J connectivity index is 2.04. The molecule has 0 saturated carbocycles. The highest BCUT2D eigenvalue weighted by atomic mass is 16.4. The van der Waals surface area contributed by atoms with Crippen LogP contribution in [0.1, 0.15) is 34.5 Å². The summed E-state index contributed by atoms with van der Waals surface area (Å²) in [6, 6.07) is 5.02. The van der Waals surface area contributed by atoms with E-state index < -0.39 is 12.0 Å². The number of carboxylic acid groups (broad SMARTS) is 1. The molecule has 1 aromatic carbocycles. The van der Waals surface area contributed by atoms with Gasteiger partial charge in [0.25, 0.3) is 5.91 Å². The number of aryl methyl sites for hydroxylation is 2. The Morgan fingerprint density at radius 3 is 2.76 bits per heavy atom. The topological polar surface area (TPSA) is 70.8 Å². The summed E-state index contributed by atoms with van der Waals surface area (Å²) in [4.78, 5) is 25.3. The van der Waals surface area contributed by atoms with Crippen molar-refractivity contribution in [2.24, 2.45) is 0 Å². The van der Waals surface area contributed by atoms with Crippen LogP contribution in [-0.2, 0) is 4.79 Å². The molecule has 2 aromatic rings. The van der Waals surface area contributed by atoms with Crippen LogP contribution in [0.15, 0.2) is 22.6 Å². The lowest BCUT2D eigenvalue weighted by Gasteiger charge is -2.20. The second kappa shape index (κ2) is 4.91. The fraction of sp³-hybridized carbons (Fsp3) is 0.375. The van der Waals surface area contributed by atoms with Gasteiger partial charge in [0.2, 0.25) is 0 Å². The van der Waals surface area contributed by atoms with Gasteiger partial charge < -0.3 is 14.4 Å². The molecule has 5 heteroatoms. The van der Waals surface area contributed by atoms with Crippen LogP contribution < -0.4 is 0 Å². The van der Waals surface area contributed by atoms with E-state index in [0.717, 1.165) is 16.5 Å². The minimum Gasteiger partial charge on any atom is -0.480 e. The maximum Gasteiger partial charge on any atom is 0.326 e. The molecule has 3 rings (SSSR count). The van der Waals surface area contributed by atoms with Crippen molar-refractivity contribution in [2.75, 3.05) is 6.54 Å². The van der Waals surface area contributed by atoms with Gasteiger partial charge in [-0.2, -0.15) is 0 Å². The number of nitrogens with zero attached hydrogens (tertiary/aromatic N) is 1. The lowest BCUT2D eigenvalue weighted by atomic mass is 10.1. The molecule has 1 aromatic heterocycles. The summed E-state index contributed by atoms with van der Waals surface area (Å²) in [7, 11) is 0. The number of hydrogen-bond acceptors (Lipinski definition) is 3. The minimum atomic E-state index is -0.953. The largest absolute Gasteiger partial charge is 0.480 e. The first-order valence-electron chi connectivity index (χ1n) is 7.03. The molecule has 0 aliphatic carbocycles. The molecule has 1 amide bonds. The van der Waals surface area contributed by atoms with Crippen molar-refractivity contribution in [3.8, 4) is 0 Å². The van der Waals surface area contributed by atoms with Gasteiger partial charge in [-0.3, -0.25) is 4.79 Å². The van der Waals surface area contributed by atoms with E-state index in [0.29, 0.717) is 25.0 Å². The highest BCUT2D eigenvalue weighted by Crippen LogP contribution is 2.30. The Hall–Kier alpha value is -2.30. The van der Waals surface area contributed by atoms with Gasteiger partial charge in [0.1, 0.15) is 11.6 Å². The standard InChI is InChI=1S/C16H17NO4/c1-9-5-3-6-11-10(2)14(21-13(9)11)15(18)17-8-4-7-12(17)16(19)20/h3,5-6,12H,4,7-8H2,1-2H3,(H,19,20). The molecule has 2 heterocycles. The molecule has 1 aliphatic heterocycles. The number of aliphatic carboxylic acids is 1. The van der Waals surface area contributed by atoms with Gasteiger partial charge in [-0.05, 0) is 32.3 Å². The molecule has 1 fully saturated rings. The average Bonchev–Trinajstić information content (AvgIpc) is 3.05. The summed E-state index contributed by atoms with van der Waals surface area (Å²) in [5.41, 5.74) is 2.44. The van der Waals surface area contributed by atoms with Crippen LogP contribution in [0.25, 0.3) is 11.0 Å². The maximum absolute atomic E-state index is 12.6. The summed E-state index contributed by atoms with van der Waals surface area (Å²) in [5.74, 6) is -1.02. The van der Waals surface area contributed by atoms with Crippen molar-refractivity contribution in [1.29, 1.82) is 0 Å². The number of furan rings is 1. The molecule has 0 bridgehead atoms. The monoisotopic (exact) mass is 287 g/mol. The van der Waals surface area contributed by atoms with E-state index in [-0.39, 0.29) is 11.7 Å². The zero-order chi connectivity index (χ0) is 15.1. The molecule has 110 valence electrons. The Labute approximate surface area is 122 Å². The number of amides is 1. The highest BCUT2D eigenvalue weighted by Gasteiger charge is 2.36. The fourth-order valence-electron chi connectivity index (χ4n) is 2.99. The summed E-state index contributed by atoms with van der Waals surface area (Å²) >= 11 is 0. The summed E-state index contributed by atoms with van der Waals surface area (Å²) < 4.78 is 5.75. The van der Waals surface area contributed by atoms with Crippen molar-refractivity contribution < 1.29 is 19.1 Å². The number of rotatable bonds is 2. The number of fused-ring (bicyclic) bond motifs is 1. The van der Waals surface area contributed by atoms with Crippen LogP contribution >= 0.6 is 0 Å². The summed E-state index contributed by atoms with van der Waals surface area (Å²) in [6.07, 6.45) is 1.21. The van der Waals surface area contributed by atoms with Crippen LogP contribution in [0.5, 0.6) is 0 Å². The zero-order valence-corrected chi connectivity index (χ0v) is 12.0. The molecule has 21 heavy (non-hydrogen) atoms. The van der Waals surface area contributed by atoms with Crippen molar-refractivity contribution >= 4 is 22.8 Å². The first-order valence-corrected chi connectivity index (χ1v) is 7.03. The number of benzene rings is 1. The van der Waals surface area contributed by atoms with E-state index in [1.165, 1.54) is 4.90 Å². The van der Waals surface area contributed by atoms with E-state index in [1.54, 1.807) is 0 Å². The van der Waals surface area contributed by atoms with Gasteiger partial charge >= 0.3 is 5.97 Å². The first-order chi connectivity index (χ1) is 10.0. The third kappa shape index (κ3) is 2.09. The van der Waals surface area contributed by atoms with Crippen LogP contribution in [-0.4, -0.2) is 34.5 Å². The Kier molecular flexibility index (Phi) is 3.20. The van der Waals surface area contributed by atoms with E-state index in [4.69, 9.17) is 4.42 Å². The van der Waals surface area contributed by atoms with E-state index in [9.17, 15) is 14.7 Å². The van der Waals surface area contributed by atoms with Crippen LogP contribution in [0.2, 0.25) is 0 Å². The molecule has 0 spiro atoms. The predicted octanol–water partition coefficient (Wildman–Crippen LogP) is 2.74.